The van der Waals surface area contributed by atoms with Crippen molar-refractivity contribution in [1.82, 2.24) is 0 Å². The second kappa shape index (κ2) is 9.72. The van der Waals surface area contributed by atoms with E-state index in [1.165, 1.54) is 0 Å². The van der Waals surface area contributed by atoms with Crippen LogP contribution in [0.4, 0.5) is 26.3 Å². The molecule has 0 aliphatic heterocycles. The van der Waals surface area contributed by atoms with Crippen LogP contribution in [0.2, 0.25) is 0 Å². The molecule has 32 heavy (non-hydrogen) atoms. The normalized spacial score (nSPS) is 11.2. The Balaban J connectivity index is 1.89. The summed E-state index contributed by atoms with van der Waals surface area (Å²) in [4.78, 5) is 12.3. The third-order valence-electron chi connectivity index (χ3n) is 4.64. The summed E-state index contributed by atoms with van der Waals surface area (Å²) in [6.45, 7) is 1.82. The molecular formula is C24H16F6O2. The summed E-state index contributed by atoms with van der Waals surface area (Å²) in [5, 5.41) is -0.302. The molecular weight excluding hydrogens is 434 g/mol. The maximum Gasteiger partial charge on any atom is 0.349 e. The number of carbonyl (C=O) groups is 1. The second-order valence-corrected chi connectivity index (χ2v) is 6.83. The molecule has 0 atom stereocenters. The standard InChI is InChI=1S/C24H16F6O2/c1-2-3-4-5-13-8-19(26)22(20(27)9-13)24(31)32-15-6-7-16-14(10-15)11-18(25)17(23(16)30)12-21(28)29/h2-3,6-12H,4-5H2,1H3/b3-2+. The third-order valence-corrected chi connectivity index (χ3v) is 4.64. The van der Waals surface area contributed by atoms with Crippen LogP contribution >= 0.6 is 0 Å². The SMILES string of the molecule is C/C=C/CCc1cc(F)c(C(=O)Oc2ccc3c(F)c(C=C(F)F)c(F)cc3c2)c(F)c1. The maximum absolute atomic E-state index is 14.4. The van der Waals surface area contributed by atoms with Crippen molar-refractivity contribution in [2.45, 2.75) is 19.8 Å². The number of rotatable bonds is 6. The summed E-state index contributed by atoms with van der Waals surface area (Å²) < 4.78 is 86.9. The molecule has 2 nitrogen and oxygen atoms in total. The van der Waals surface area contributed by atoms with Gasteiger partial charge in [0.1, 0.15) is 34.6 Å². The van der Waals surface area contributed by atoms with Crippen molar-refractivity contribution in [3.05, 3.63) is 94.6 Å². The quantitative estimate of drug-likeness (QED) is 0.170. The number of allylic oxidation sites excluding steroid dienone is 2. The Bertz CT molecular complexity index is 1220. The lowest BCUT2D eigenvalue weighted by Crippen LogP contribution is -2.14. The molecule has 8 heteroatoms. The van der Waals surface area contributed by atoms with Gasteiger partial charge in [0.15, 0.2) is 0 Å². The lowest BCUT2D eigenvalue weighted by atomic mass is 10.0. The van der Waals surface area contributed by atoms with Gasteiger partial charge in [-0.3, -0.25) is 0 Å². The van der Waals surface area contributed by atoms with Gasteiger partial charge in [-0.15, -0.1) is 0 Å². The molecule has 0 unspecified atom stereocenters. The van der Waals surface area contributed by atoms with Crippen LogP contribution in [0.5, 0.6) is 5.75 Å². The molecule has 0 amide bonds. The second-order valence-electron chi connectivity index (χ2n) is 6.83. The number of hydrogen-bond donors (Lipinski definition) is 0. The topological polar surface area (TPSA) is 26.3 Å². The Hall–Kier alpha value is -3.55. The predicted octanol–water partition coefficient (Wildman–Crippen LogP) is 7.36. The molecule has 3 rings (SSSR count). The fourth-order valence-electron chi connectivity index (χ4n) is 3.17. The third kappa shape index (κ3) is 5.01. The fraction of sp³-hybridized carbons (Fsp3) is 0.125. The van der Waals surface area contributed by atoms with E-state index in [0.29, 0.717) is 18.4 Å². The average molecular weight is 450 g/mol. The van der Waals surface area contributed by atoms with Crippen molar-refractivity contribution in [3.63, 3.8) is 0 Å². The summed E-state index contributed by atoms with van der Waals surface area (Å²) in [6.07, 6.45) is 2.36. The van der Waals surface area contributed by atoms with E-state index in [-0.39, 0.29) is 22.6 Å². The van der Waals surface area contributed by atoms with Crippen LogP contribution in [0, 0.1) is 23.3 Å². The van der Waals surface area contributed by atoms with Crippen LogP contribution in [0.3, 0.4) is 0 Å². The molecule has 0 saturated heterocycles. The van der Waals surface area contributed by atoms with E-state index in [1.54, 1.807) is 6.08 Å². The Morgan fingerprint density at radius 3 is 2.28 bits per heavy atom. The number of benzene rings is 3. The lowest BCUT2D eigenvalue weighted by Gasteiger charge is -2.10. The zero-order chi connectivity index (χ0) is 23.4. The van der Waals surface area contributed by atoms with Gasteiger partial charge in [-0.1, -0.05) is 12.2 Å². The van der Waals surface area contributed by atoms with Crippen molar-refractivity contribution in [2.24, 2.45) is 0 Å². The summed E-state index contributed by atoms with van der Waals surface area (Å²) in [5.41, 5.74) is -1.46. The minimum absolute atomic E-state index is 0.0613. The predicted molar refractivity (Wildman–Crippen MR) is 109 cm³/mol. The van der Waals surface area contributed by atoms with Gasteiger partial charge >= 0.3 is 5.97 Å². The molecule has 0 aliphatic rings. The molecule has 0 N–H and O–H groups in total. The van der Waals surface area contributed by atoms with Gasteiger partial charge in [0, 0.05) is 11.5 Å². The van der Waals surface area contributed by atoms with Gasteiger partial charge in [-0.05, 0) is 67.1 Å². The fourth-order valence-corrected chi connectivity index (χ4v) is 3.17. The van der Waals surface area contributed by atoms with Gasteiger partial charge in [0.25, 0.3) is 6.08 Å². The maximum atomic E-state index is 14.4. The molecule has 0 heterocycles. The first-order chi connectivity index (χ1) is 15.2. The van der Waals surface area contributed by atoms with Gasteiger partial charge < -0.3 is 4.74 Å². The Morgan fingerprint density at radius 1 is 0.969 bits per heavy atom. The minimum atomic E-state index is -2.27. The van der Waals surface area contributed by atoms with Crippen molar-refractivity contribution >= 4 is 22.8 Å². The number of ether oxygens (including phenoxy) is 1. The largest absolute Gasteiger partial charge is 0.423 e. The first kappa shape index (κ1) is 23.1. The number of halogens is 6. The molecule has 3 aromatic rings. The molecule has 0 radical (unpaired) electrons. The Morgan fingerprint density at radius 2 is 1.66 bits per heavy atom. The van der Waals surface area contributed by atoms with Crippen LogP contribution in [0.1, 0.15) is 34.8 Å². The molecule has 3 aromatic carbocycles. The highest BCUT2D eigenvalue weighted by molar-refractivity contribution is 5.93. The van der Waals surface area contributed by atoms with Gasteiger partial charge in [0.05, 0.1) is 5.56 Å². The zero-order valence-corrected chi connectivity index (χ0v) is 16.7. The Kier molecular flexibility index (Phi) is 7.02. The molecule has 0 aliphatic carbocycles. The van der Waals surface area contributed by atoms with E-state index in [1.807, 2.05) is 13.0 Å². The zero-order valence-electron chi connectivity index (χ0n) is 16.7. The summed E-state index contributed by atoms with van der Waals surface area (Å²) >= 11 is 0. The first-order valence-corrected chi connectivity index (χ1v) is 9.47. The van der Waals surface area contributed by atoms with E-state index in [0.717, 1.165) is 36.4 Å². The molecule has 166 valence electrons. The average Bonchev–Trinajstić information content (AvgIpc) is 2.70. The lowest BCUT2D eigenvalue weighted by molar-refractivity contribution is 0.0725. The van der Waals surface area contributed by atoms with Crippen LogP contribution in [-0.4, -0.2) is 5.97 Å². The molecule has 0 fully saturated rings. The highest BCUT2D eigenvalue weighted by Gasteiger charge is 2.21. The van der Waals surface area contributed by atoms with Crippen LogP contribution in [0.15, 0.2) is 54.6 Å². The van der Waals surface area contributed by atoms with E-state index < -0.39 is 46.4 Å². The molecule has 0 saturated carbocycles. The van der Waals surface area contributed by atoms with Gasteiger partial charge in [0.2, 0.25) is 0 Å². The summed E-state index contributed by atoms with van der Waals surface area (Å²) in [6, 6.07) is 6.09. The van der Waals surface area contributed by atoms with E-state index in [2.05, 4.69) is 0 Å². The molecule has 0 bridgehead atoms. The number of aryl methyl sites for hydroxylation is 1. The highest BCUT2D eigenvalue weighted by atomic mass is 19.3. The van der Waals surface area contributed by atoms with Crippen molar-refractivity contribution in [1.29, 1.82) is 0 Å². The van der Waals surface area contributed by atoms with Crippen molar-refractivity contribution in [2.75, 3.05) is 0 Å². The van der Waals surface area contributed by atoms with Gasteiger partial charge in [-0.25, -0.2) is 22.4 Å². The minimum Gasteiger partial charge on any atom is -0.423 e. The van der Waals surface area contributed by atoms with Crippen LogP contribution in [-0.2, 0) is 6.42 Å². The Labute approximate surface area is 179 Å². The molecule has 0 aromatic heterocycles. The van der Waals surface area contributed by atoms with E-state index in [9.17, 15) is 31.1 Å². The smallest absolute Gasteiger partial charge is 0.349 e. The highest BCUT2D eigenvalue weighted by Crippen LogP contribution is 2.30. The van der Waals surface area contributed by atoms with E-state index >= 15 is 0 Å². The number of carbonyl (C=O) groups excluding carboxylic acids is 1. The van der Waals surface area contributed by atoms with Crippen molar-refractivity contribution in [3.8, 4) is 5.75 Å². The number of esters is 1. The summed E-state index contributed by atoms with van der Waals surface area (Å²) in [7, 11) is 0. The van der Waals surface area contributed by atoms with Crippen LogP contribution < -0.4 is 4.74 Å². The van der Waals surface area contributed by atoms with Crippen molar-refractivity contribution < 1.29 is 35.9 Å². The van der Waals surface area contributed by atoms with E-state index in [4.69, 9.17) is 4.74 Å². The first-order valence-electron chi connectivity index (χ1n) is 9.47. The molecule has 0 spiro atoms. The monoisotopic (exact) mass is 450 g/mol. The van der Waals surface area contributed by atoms with Crippen LogP contribution in [0.25, 0.3) is 16.8 Å². The van der Waals surface area contributed by atoms with Gasteiger partial charge in [-0.2, -0.15) is 8.78 Å². The number of hydrogen-bond acceptors (Lipinski definition) is 2. The summed E-state index contributed by atoms with van der Waals surface area (Å²) in [5.74, 6) is -6.26. The number of fused-ring (bicyclic) bond motifs is 1.